The van der Waals surface area contributed by atoms with Crippen molar-refractivity contribution in [3.05, 3.63) is 148 Å². The Morgan fingerprint density at radius 3 is 2.13 bits per heavy atom. The van der Waals surface area contributed by atoms with Crippen molar-refractivity contribution in [2.75, 3.05) is 32.8 Å². The molecule has 6 rings (SSSR count). The maximum absolute atomic E-state index is 13.1. The molecule has 0 unspecified atom stereocenters. The number of ether oxygens (including phenoxy) is 4. The van der Waals surface area contributed by atoms with Crippen LogP contribution in [0, 0.1) is 13.8 Å². The minimum Gasteiger partial charge on any atom is -0.493 e. The number of piperazine rings is 1. The zero-order valence-corrected chi connectivity index (χ0v) is 32.2. The van der Waals surface area contributed by atoms with Crippen molar-refractivity contribution in [3.63, 3.8) is 0 Å². The van der Waals surface area contributed by atoms with Gasteiger partial charge in [-0.15, -0.1) is 0 Å². The van der Waals surface area contributed by atoms with E-state index in [2.05, 4.69) is 53.2 Å². The lowest BCUT2D eigenvalue weighted by atomic mass is 10.1. The zero-order chi connectivity index (χ0) is 37.9. The lowest BCUT2D eigenvalue weighted by molar-refractivity contribution is -0.127. The molecular formula is C45H48ClN3O5. The summed E-state index contributed by atoms with van der Waals surface area (Å²) < 4.78 is 23.5. The second kappa shape index (κ2) is 18.6. The number of pyridine rings is 1. The molecule has 1 amide bonds. The fourth-order valence-corrected chi connectivity index (χ4v) is 6.41. The van der Waals surface area contributed by atoms with Crippen LogP contribution in [0.25, 0.3) is 6.08 Å². The van der Waals surface area contributed by atoms with Crippen LogP contribution in [0.2, 0.25) is 5.02 Å². The van der Waals surface area contributed by atoms with E-state index < -0.39 is 0 Å². The molecular weight excluding hydrogens is 698 g/mol. The summed E-state index contributed by atoms with van der Waals surface area (Å²) in [5, 5.41) is 0.442. The Balaban J connectivity index is 0.915. The fourth-order valence-electron chi connectivity index (χ4n) is 6.09. The van der Waals surface area contributed by atoms with E-state index in [1.54, 1.807) is 30.5 Å². The molecule has 0 spiro atoms. The van der Waals surface area contributed by atoms with Gasteiger partial charge in [-0.1, -0.05) is 65.7 Å². The molecule has 1 aromatic heterocycles. The summed E-state index contributed by atoms with van der Waals surface area (Å²) in [6.45, 7) is 12.9. The van der Waals surface area contributed by atoms with E-state index in [0.29, 0.717) is 48.7 Å². The third-order valence-electron chi connectivity index (χ3n) is 9.08. The molecule has 8 nitrogen and oxygen atoms in total. The van der Waals surface area contributed by atoms with Crippen molar-refractivity contribution >= 4 is 23.6 Å². The summed E-state index contributed by atoms with van der Waals surface area (Å²) in [7, 11) is 0. The first-order chi connectivity index (χ1) is 26.2. The first kappa shape index (κ1) is 38.4. The van der Waals surface area contributed by atoms with Crippen LogP contribution < -0.4 is 18.9 Å². The second-order valence-electron chi connectivity index (χ2n) is 13.8. The van der Waals surface area contributed by atoms with Crippen LogP contribution >= 0.6 is 11.6 Å². The molecule has 4 aromatic carbocycles. The quantitative estimate of drug-likeness (QED) is 0.0989. The number of benzene rings is 4. The molecule has 0 saturated carbocycles. The molecule has 1 aliphatic heterocycles. The Kier molecular flexibility index (Phi) is 13.3. The number of nitrogens with zero attached hydrogens (tertiary/aromatic N) is 3. The van der Waals surface area contributed by atoms with E-state index in [-0.39, 0.29) is 12.0 Å². The molecule has 280 valence electrons. The molecule has 0 radical (unpaired) electrons. The average molecular weight is 746 g/mol. The maximum atomic E-state index is 13.1. The standard InChI is InChI=1S/C45H48ClN3O5/c1-32(2)53-40-16-14-39(15-17-40)51-26-21-35-9-11-36(12-10-35)30-48-22-24-49(25-23-48)44(50)20-13-38-27-34(4)45(42(46)28-38)54-43-19-18-41(29-47-43)52-31-37-7-5-33(3)6-8-37/h5-20,27-29,32H,21-26,30-31H2,1-4H3. The van der Waals surface area contributed by atoms with E-state index >= 15 is 0 Å². The summed E-state index contributed by atoms with van der Waals surface area (Å²) >= 11 is 6.64. The third-order valence-corrected chi connectivity index (χ3v) is 9.36. The van der Waals surface area contributed by atoms with Gasteiger partial charge in [0.15, 0.2) is 5.75 Å². The number of carbonyl (C=O) groups is 1. The fraction of sp³-hybridized carbons (Fsp3) is 0.289. The summed E-state index contributed by atoms with van der Waals surface area (Å²) in [5.41, 5.74) is 6.46. The van der Waals surface area contributed by atoms with E-state index in [9.17, 15) is 4.79 Å². The highest BCUT2D eigenvalue weighted by Gasteiger charge is 2.20. The van der Waals surface area contributed by atoms with Crippen molar-refractivity contribution < 1.29 is 23.7 Å². The number of aryl methyl sites for hydroxylation is 2. The van der Waals surface area contributed by atoms with Crippen LogP contribution in [0.3, 0.4) is 0 Å². The van der Waals surface area contributed by atoms with E-state index in [1.165, 1.54) is 16.7 Å². The molecule has 54 heavy (non-hydrogen) atoms. The summed E-state index contributed by atoms with van der Waals surface area (Å²) in [6, 6.07) is 32.0. The van der Waals surface area contributed by atoms with E-state index in [4.69, 9.17) is 30.5 Å². The van der Waals surface area contributed by atoms with Gasteiger partial charge in [0.25, 0.3) is 0 Å². The average Bonchev–Trinajstić information content (AvgIpc) is 3.17. The number of carbonyl (C=O) groups excluding carboxylic acids is 1. The third kappa shape index (κ3) is 11.3. The number of halogens is 1. The van der Waals surface area contributed by atoms with Gasteiger partial charge in [0.05, 0.1) is 23.9 Å². The van der Waals surface area contributed by atoms with Gasteiger partial charge in [0, 0.05) is 51.3 Å². The van der Waals surface area contributed by atoms with Crippen molar-refractivity contribution in [1.82, 2.24) is 14.8 Å². The largest absolute Gasteiger partial charge is 0.493 e. The first-order valence-electron chi connectivity index (χ1n) is 18.5. The van der Waals surface area contributed by atoms with Crippen LogP contribution in [-0.2, 0) is 24.4 Å². The van der Waals surface area contributed by atoms with Crippen molar-refractivity contribution in [2.45, 2.75) is 53.4 Å². The van der Waals surface area contributed by atoms with Crippen LogP contribution in [0.5, 0.6) is 28.9 Å². The highest BCUT2D eigenvalue weighted by atomic mass is 35.5. The summed E-state index contributed by atoms with van der Waals surface area (Å²) in [6.07, 6.45) is 6.05. The first-order valence-corrected chi connectivity index (χ1v) is 18.8. The number of hydrogen-bond donors (Lipinski definition) is 0. The molecule has 2 heterocycles. The number of rotatable bonds is 15. The Bertz CT molecular complexity index is 1970. The molecule has 5 aromatic rings. The van der Waals surface area contributed by atoms with Gasteiger partial charge in [-0.05, 0) is 104 Å². The minimum absolute atomic E-state index is 0.0101. The Morgan fingerprint density at radius 1 is 0.796 bits per heavy atom. The van der Waals surface area contributed by atoms with Gasteiger partial charge in [0.1, 0.15) is 23.9 Å². The Labute approximate surface area is 323 Å². The smallest absolute Gasteiger partial charge is 0.246 e. The molecule has 0 aliphatic carbocycles. The summed E-state index contributed by atoms with van der Waals surface area (Å²) in [5.74, 6) is 3.26. The van der Waals surface area contributed by atoms with Gasteiger partial charge in [-0.25, -0.2) is 4.98 Å². The predicted octanol–water partition coefficient (Wildman–Crippen LogP) is 9.49. The van der Waals surface area contributed by atoms with Gasteiger partial charge >= 0.3 is 0 Å². The molecule has 0 bridgehead atoms. The van der Waals surface area contributed by atoms with Crippen LogP contribution in [-0.4, -0.2) is 59.6 Å². The van der Waals surface area contributed by atoms with Crippen LogP contribution in [0.1, 0.15) is 47.2 Å². The maximum Gasteiger partial charge on any atom is 0.246 e. The van der Waals surface area contributed by atoms with Gasteiger partial charge < -0.3 is 23.8 Å². The monoisotopic (exact) mass is 745 g/mol. The topological polar surface area (TPSA) is 73.4 Å². The summed E-state index contributed by atoms with van der Waals surface area (Å²) in [4.78, 5) is 21.8. The predicted molar refractivity (Wildman–Crippen MR) is 215 cm³/mol. The van der Waals surface area contributed by atoms with Crippen molar-refractivity contribution in [2.24, 2.45) is 0 Å². The van der Waals surface area contributed by atoms with Crippen molar-refractivity contribution in [1.29, 1.82) is 0 Å². The Hall–Kier alpha value is -5.31. The number of hydrogen-bond acceptors (Lipinski definition) is 7. The number of aromatic nitrogens is 1. The van der Waals surface area contributed by atoms with Gasteiger partial charge in [-0.2, -0.15) is 0 Å². The molecule has 1 aliphatic rings. The Morgan fingerprint density at radius 2 is 1.46 bits per heavy atom. The molecule has 1 saturated heterocycles. The molecule has 0 atom stereocenters. The zero-order valence-electron chi connectivity index (χ0n) is 31.5. The lowest BCUT2D eigenvalue weighted by Crippen LogP contribution is -2.47. The van der Waals surface area contributed by atoms with Crippen molar-refractivity contribution in [3.8, 4) is 28.9 Å². The van der Waals surface area contributed by atoms with Gasteiger partial charge in [-0.3, -0.25) is 9.69 Å². The highest BCUT2D eigenvalue weighted by Crippen LogP contribution is 2.34. The van der Waals surface area contributed by atoms with Gasteiger partial charge in [0.2, 0.25) is 11.8 Å². The molecule has 1 fully saturated rings. The van der Waals surface area contributed by atoms with E-state index in [0.717, 1.165) is 54.2 Å². The molecule has 9 heteroatoms. The SMILES string of the molecule is Cc1ccc(COc2ccc(Oc3c(C)cc(C=CC(=O)N4CCN(Cc5ccc(CCOc6ccc(OC(C)C)cc6)cc5)CC4)cc3Cl)nc2)cc1. The second-order valence-corrected chi connectivity index (χ2v) is 14.3. The minimum atomic E-state index is -0.0101. The van der Waals surface area contributed by atoms with E-state index in [1.807, 2.05) is 74.2 Å². The normalized spacial score (nSPS) is 13.3. The lowest BCUT2D eigenvalue weighted by Gasteiger charge is -2.34. The van der Waals surface area contributed by atoms with Crippen LogP contribution in [0.15, 0.2) is 109 Å². The van der Waals surface area contributed by atoms with Crippen LogP contribution in [0.4, 0.5) is 0 Å². The highest BCUT2D eigenvalue weighted by molar-refractivity contribution is 6.32. The molecule has 0 N–H and O–H groups in total. The number of amides is 1.